The van der Waals surface area contributed by atoms with E-state index in [1.165, 1.54) is 6.07 Å². The van der Waals surface area contributed by atoms with E-state index in [4.69, 9.17) is 44.3 Å². The van der Waals surface area contributed by atoms with Crippen LogP contribution in [0.1, 0.15) is 0 Å². The molecule has 0 aliphatic heterocycles. The predicted molar refractivity (Wildman–Crippen MR) is 73.4 cm³/mol. The molecular formula is C13H8Cl3O2. The van der Waals surface area contributed by atoms with Crippen molar-refractivity contribution in [3.05, 3.63) is 51.5 Å². The maximum atomic E-state index is 6.02. The van der Waals surface area contributed by atoms with Crippen molar-refractivity contribution in [2.75, 3.05) is 7.11 Å². The lowest BCUT2D eigenvalue weighted by Crippen LogP contribution is -1.88. The Bertz CT molecular complexity index is 553. The van der Waals surface area contributed by atoms with Crippen LogP contribution in [0.5, 0.6) is 17.2 Å². The van der Waals surface area contributed by atoms with Crippen LogP contribution in [0.4, 0.5) is 0 Å². The second-order valence-corrected chi connectivity index (χ2v) is 4.53. The first-order valence-corrected chi connectivity index (χ1v) is 6.12. The van der Waals surface area contributed by atoms with Crippen LogP contribution < -0.4 is 9.47 Å². The minimum Gasteiger partial charge on any atom is -0.497 e. The maximum absolute atomic E-state index is 6.02. The average molecular weight is 303 g/mol. The van der Waals surface area contributed by atoms with E-state index in [0.717, 1.165) is 5.75 Å². The zero-order valence-electron chi connectivity index (χ0n) is 9.34. The number of ether oxygens (including phenoxy) is 2. The minimum absolute atomic E-state index is 0.260. The van der Waals surface area contributed by atoms with Gasteiger partial charge in [0, 0.05) is 6.07 Å². The summed E-state index contributed by atoms with van der Waals surface area (Å²) in [5.74, 6) is 1.60. The monoisotopic (exact) mass is 301 g/mol. The lowest BCUT2D eigenvalue weighted by atomic mass is 10.3. The summed E-state index contributed by atoms with van der Waals surface area (Å²) in [5, 5.41) is 0.876. The molecule has 2 nitrogen and oxygen atoms in total. The van der Waals surface area contributed by atoms with E-state index >= 15 is 0 Å². The van der Waals surface area contributed by atoms with Gasteiger partial charge < -0.3 is 9.47 Å². The third-order valence-electron chi connectivity index (χ3n) is 2.21. The molecule has 0 N–H and O–H groups in total. The van der Waals surface area contributed by atoms with Crippen LogP contribution in [-0.4, -0.2) is 7.11 Å². The van der Waals surface area contributed by atoms with E-state index in [1.807, 2.05) is 0 Å². The molecule has 1 radical (unpaired) electrons. The largest absolute Gasteiger partial charge is 0.497 e. The van der Waals surface area contributed by atoms with Crippen LogP contribution in [0.2, 0.25) is 15.1 Å². The molecule has 0 aliphatic rings. The first kappa shape index (κ1) is 13.3. The van der Waals surface area contributed by atoms with Crippen LogP contribution in [0.3, 0.4) is 0 Å². The Balaban J connectivity index is 2.30. The van der Waals surface area contributed by atoms with Gasteiger partial charge in [0.05, 0.1) is 17.2 Å². The van der Waals surface area contributed by atoms with Crippen LogP contribution in [0.15, 0.2) is 30.3 Å². The third kappa shape index (κ3) is 2.83. The minimum atomic E-state index is 0.260. The highest BCUT2D eigenvalue weighted by Crippen LogP contribution is 2.40. The Morgan fingerprint density at radius 1 is 1.00 bits per heavy atom. The van der Waals surface area contributed by atoms with Crippen molar-refractivity contribution in [2.24, 2.45) is 0 Å². The number of benzene rings is 2. The number of hydrogen-bond acceptors (Lipinski definition) is 2. The summed E-state index contributed by atoms with van der Waals surface area (Å²) in [6.07, 6.45) is 0. The van der Waals surface area contributed by atoms with E-state index in [0.29, 0.717) is 10.8 Å². The molecule has 0 bridgehead atoms. The Labute approximate surface area is 120 Å². The van der Waals surface area contributed by atoms with Crippen molar-refractivity contribution in [3.63, 3.8) is 0 Å². The molecule has 0 fully saturated rings. The summed E-state index contributed by atoms with van der Waals surface area (Å²) >= 11 is 17.9. The SMILES string of the molecule is COc1ccc(Oc2c(Cl)[c]cc(Cl)c2Cl)cc1. The number of hydrogen-bond donors (Lipinski definition) is 0. The fraction of sp³-hybridized carbons (Fsp3) is 0.0769. The van der Waals surface area contributed by atoms with Crippen molar-refractivity contribution >= 4 is 34.8 Å². The van der Waals surface area contributed by atoms with Gasteiger partial charge in [0.25, 0.3) is 0 Å². The Morgan fingerprint density at radius 2 is 1.61 bits per heavy atom. The van der Waals surface area contributed by atoms with Gasteiger partial charge >= 0.3 is 0 Å². The molecule has 0 aliphatic carbocycles. The molecule has 0 saturated heterocycles. The third-order valence-corrected chi connectivity index (χ3v) is 3.26. The van der Waals surface area contributed by atoms with Crippen LogP contribution in [-0.2, 0) is 0 Å². The molecule has 0 unspecified atom stereocenters. The van der Waals surface area contributed by atoms with Crippen molar-refractivity contribution in [1.29, 1.82) is 0 Å². The van der Waals surface area contributed by atoms with Crippen LogP contribution in [0, 0.1) is 6.07 Å². The van der Waals surface area contributed by atoms with Gasteiger partial charge in [0.2, 0.25) is 0 Å². The van der Waals surface area contributed by atoms with Crippen LogP contribution >= 0.6 is 34.8 Å². The summed E-state index contributed by atoms with van der Waals surface area (Å²) < 4.78 is 10.6. The molecule has 18 heavy (non-hydrogen) atoms. The second-order valence-electron chi connectivity index (χ2n) is 3.37. The van der Waals surface area contributed by atoms with E-state index in [9.17, 15) is 0 Å². The van der Waals surface area contributed by atoms with Crippen molar-refractivity contribution in [3.8, 4) is 17.2 Å². The molecule has 0 amide bonds. The van der Waals surface area contributed by atoms with E-state index in [2.05, 4.69) is 6.07 Å². The molecule has 2 aromatic rings. The van der Waals surface area contributed by atoms with Gasteiger partial charge in [-0.25, -0.2) is 0 Å². The first-order valence-electron chi connectivity index (χ1n) is 4.99. The van der Waals surface area contributed by atoms with Gasteiger partial charge in [0.1, 0.15) is 16.5 Å². The second kappa shape index (κ2) is 5.70. The van der Waals surface area contributed by atoms with Gasteiger partial charge in [-0.3, -0.25) is 0 Å². The fourth-order valence-corrected chi connectivity index (χ4v) is 1.88. The molecule has 0 atom stereocenters. The molecule has 0 heterocycles. The highest BCUT2D eigenvalue weighted by molar-refractivity contribution is 6.44. The molecule has 5 heteroatoms. The predicted octanol–water partition coefficient (Wildman–Crippen LogP) is 5.25. The molecule has 2 rings (SSSR count). The van der Waals surface area contributed by atoms with E-state index < -0.39 is 0 Å². The summed E-state index contributed by atoms with van der Waals surface area (Å²) in [5.41, 5.74) is 0. The Kier molecular flexibility index (Phi) is 4.23. The first-order chi connectivity index (χ1) is 8.61. The van der Waals surface area contributed by atoms with Crippen molar-refractivity contribution < 1.29 is 9.47 Å². The lowest BCUT2D eigenvalue weighted by molar-refractivity contribution is 0.413. The zero-order chi connectivity index (χ0) is 13.1. The molecule has 93 valence electrons. The van der Waals surface area contributed by atoms with Gasteiger partial charge in [-0.15, -0.1) is 0 Å². The van der Waals surface area contributed by atoms with Gasteiger partial charge in [-0.1, -0.05) is 34.8 Å². The molecular weight excluding hydrogens is 294 g/mol. The van der Waals surface area contributed by atoms with E-state index in [-0.39, 0.29) is 15.8 Å². The van der Waals surface area contributed by atoms with Crippen molar-refractivity contribution in [2.45, 2.75) is 0 Å². The smallest absolute Gasteiger partial charge is 0.166 e. The Hall–Kier alpha value is -1.09. The van der Waals surface area contributed by atoms with Gasteiger partial charge in [-0.2, -0.15) is 0 Å². The zero-order valence-corrected chi connectivity index (χ0v) is 11.6. The fourth-order valence-electron chi connectivity index (χ4n) is 1.31. The quantitative estimate of drug-likeness (QED) is 0.721. The summed E-state index contributed by atoms with van der Waals surface area (Å²) in [6.45, 7) is 0. The Morgan fingerprint density at radius 3 is 2.22 bits per heavy atom. The van der Waals surface area contributed by atoms with Gasteiger partial charge in [0.15, 0.2) is 5.75 Å². The van der Waals surface area contributed by atoms with Crippen LogP contribution in [0.25, 0.3) is 0 Å². The van der Waals surface area contributed by atoms with Crippen molar-refractivity contribution in [1.82, 2.24) is 0 Å². The van der Waals surface area contributed by atoms with E-state index in [1.54, 1.807) is 31.4 Å². The number of halogens is 3. The molecule has 2 aromatic carbocycles. The summed E-state index contributed by atoms with van der Waals surface area (Å²) in [4.78, 5) is 0. The summed E-state index contributed by atoms with van der Waals surface area (Å²) in [6, 6.07) is 11.3. The highest BCUT2D eigenvalue weighted by atomic mass is 35.5. The topological polar surface area (TPSA) is 18.5 Å². The molecule has 0 saturated carbocycles. The number of methoxy groups -OCH3 is 1. The normalized spacial score (nSPS) is 10.2. The summed E-state index contributed by atoms with van der Waals surface area (Å²) in [7, 11) is 1.59. The maximum Gasteiger partial charge on any atom is 0.166 e. The average Bonchev–Trinajstić information content (AvgIpc) is 2.40. The highest BCUT2D eigenvalue weighted by Gasteiger charge is 2.12. The van der Waals surface area contributed by atoms with Gasteiger partial charge in [-0.05, 0) is 30.3 Å². The standard InChI is InChI=1S/C13H8Cl3O2/c1-17-8-2-4-9(5-3-8)18-13-11(15)7-6-10(14)12(13)16/h2-6H,1H3. The number of rotatable bonds is 3. The molecule has 0 spiro atoms. The molecule has 0 aromatic heterocycles. The lowest BCUT2D eigenvalue weighted by Gasteiger charge is -2.10.